The first kappa shape index (κ1) is 13.3. The van der Waals surface area contributed by atoms with Crippen LogP contribution in [0.15, 0.2) is 18.2 Å². The number of rotatable bonds is 5. The lowest BCUT2D eigenvalue weighted by molar-refractivity contribution is 0.121. The maximum absolute atomic E-state index is 14.1. The molecule has 4 heteroatoms. The molecule has 1 heterocycles. The van der Waals surface area contributed by atoms with Crippen molar-refractivity contribution >= 4 is 5.69 Å². The predicted molar refractivity (Wildman–Crippen MR) is 71.4 cm³/mol. The van der Waals surface area contributed by atoms with E-state index < -0.39 is 0 Å². The Hall–Kier alpha value is -1.13. The number of halogens is 1. The standard InChI is InChI=1S/C14H21FN2O/c1-3-16-9-11-5-4-6-13(15)14(11)17-8-7-12(10-17)18-2/h4-6,12,16H,3,7-10H2,1-2H3. The molecule has 1 aromatic rings. The van der Waals surface area contributed by atoms with Gasteiger partial charge >= 0.3 is 0 Å². The molecule has 3 nitrogen and oxygen atoms in total. The number of anilines is 1. The van der Waals surface area contributed by atoms with Crippen LogP contribution in [0, 0.1) is 5.82 Å². The summed E-state index contributed by atoms with van der Waals surface area (Å²) in [6, 6.07) is 5.29. The Bertz CT molecular complexity index is 397. The van der Waals surface area contributed by atoms with Crippen LogP contribution < -0.4 is 10.2 Å². The van der Waals surface area contributed by atoms with E-state index in [1.54, 1.807) is 13.2 Å². The number of ether oxygens (including phenoxy) is 1. The lowest BCUT2D eigenvalue weighted by Gasteiger charge is -2.22. The van der Waals surface area contributed by atoms with Crippen molar-refractivity contribution in [2.45, 2.75) is 26.0 Å². The smallest absolute Gasteiger partial charge is 0.146 e. The minimum Gasteiger partial charge on any atom is -0.380 e. The third-order valence-corrected chi connectivity index (χ3v) is 3.43. The van der Waals surface area contributed by atoms with Crippen LogP contribution in [-0.4, -0.2) is 32.8 Å². The monoisotopic (exact) mass is 252 g/mol. The van der Waals surface area contributed by atoms with Gasteiger partial charge in [-0.25, -0.2) is 4.39 Å². The fourth-order valence-corrected chi connectivity index (χ4v) is 2.44. The van der Waals surface area contributed by atoms with Gasteiger partial charge in [-0.05, 0) is 24.6 Å². The highest BCUT2D eigenvalue weighted by Crippen LogP contribution is 2.28. The SMILES string of the molecule is CCNCc1cccc(F)c1N1CCC(OC)C1. The fraction of sp³-hybridized carbons (Fsp3) is 0.571. The van der Waals surface area contributed by atoms with Crippen molar-refractivity contribution in [2.75, 3.05) is 31.6 Å². The molecule has 1 unspecified atom stereocenters. The molecule has 1 aliphatic rings. The highest BCUT2D eigenvalue weighted by Gasteiger charge is 2.25. The maximum atomic E-state index is 14.1. The summed E-state index contributed by atoms with van der Waals surface area (Å²) in [5.41, 5.74) is 1.76. The average molecular weight is 252 g/mol. The molecule has 1 saturated heterocycles. The molecule has 1 fully saturated rings. The zero-order valence-corrected chi connectivity index (χ0v) is 11.1. The van der Waals surface area contributed by atoms with Gasteiger partial charge in [-0.3, -0.25) is 0 Å². The molecule has 0 aliphatic carbocycles. The van der Waals surface area contributed by atoms with Crippen molar-refractivity contribution in [1.29, 1.82) is 0 Å². The van der Waals surface area contributed by atoms with Crippen LogP contribution in [0.25, 0.3) is 0 Å². The molecule has 100 valence electrons. The normalized spacial score (nSPS) is 19.5. The first-order valence-corrected chi connectivity index (χ1v) is 6.52. The summed E-state index contributed by atoms with van der Waals surface area (Å²) in [5, 5.41) is 3.26. The fourth-order valence-electron chi connectivity index (χ4n) is 2.44. The van der Waals surface area contributed by atoms with E-state index in [0.717, 1.165) is 37.3 Å². The van der Waals surface area contributed by atoms with Gasteiger partial charge in [0.1, 0.15) is 5.82 Å². The number of methoxy groups -OCH3 is 1. The average Bonchev–Trinajstić information content (AvgIpc) is 2.84. The minimum atomic E-state index is -0.137. The van der Waals surface area contributed by atoms with Crippen LogP contribution in [-0.2, 0) is 11.3 Å². The molecule has 0 radical (unpaired) electrons. The van der Waals surface area contributed by atoms with E-state index in [2.05, 4.69) is 17.1 Å². The van der Waals surface area contributed by atoms with Crippen molar-refractivity contribution in [2.24, 2.45) is 0 Å². The first-order chi connectivity index (χ1) is 8.76. The van der Waals surface area contributed by atoms with E-state index in [1.807, 2.05) is 6.07 Å². The van der Waals surface area contributed by atoms with Crippen LogP contribution in [0.5, 0.6) is 0 Å². The predicted octanol–water partition coefficient (Wildman–Crippen LogP) is 2.16. The summed E-state index contributed by atoms with van der Waals surface area (Å²) in [6.07, 6.45) is 1.18. The van der Waals surface area contributed by atoms with Gasteiger partial charge in [0.15, 0.2) is 0 Å². The topological polar surface area (TPSA) is 24.5 Å². The Morgan fingerprint density at radius 3 is 3.00 bits per heavy atom. The van der Waals surface area contributed by atoms with Crippen molar-refractivity contribution < 1.29 is 9.13 Å². The van der Waals surface area contributed by atoms with Gasteiger partial charge in [-0.1, -0.05) is 19.1 Å². The molecule has 0 bridgehead atoms. The van der Waals surface area contributed by atoms with Crippen molar-refractivity contribution in [3.63, 3.8) is 0 Å². The number of para-hydroxylation sites is 1. The summed E-state index contributed by atoms with van der Waals surface area (Å²) >= 11 is 0. The second kappa shape index (κ2) is 6.16. The summed E-state index contributed by atoms with van der Waals surface area (Å²) < 4.78 is 19.4. The Morgan fingerprint density at radius 1 is 1.50 bits per heavy atom. The highest BCUT2D eigenvalue weighted by molar-refractivity contribution is 5.55. The van der Waals surface area contributed by atoms with Crippen molar-refractivity contribution in [3.8, 4) is 0 Å². The summed E-state index contributed by atoms with van der Waals surface area (Å²) in [4.78, 5) is 2.09. The number of hydrogen-bond acceptors (Lipinski definition) is 3. The molecular formula is C14H21FN2O. The van der Waals surface area contributed by atoms with Gasteiger partial charge in [0, 0.05) is 26.7 Å². The van der Waals surface area contributed by atoms with Gasteiger partial charge in [0.05, 0.1) is 11.8 Å². The molecule has 0 amide bonds. The molecule has 0 saturated carbocycles. The van der Waals surface area contributed by atoms with Gasteiger partial charge in [-0.15, -0.1) is 0 Å². The van der Waals surface area contributed by atoms with Gasteiger partial charge in [-0.2, -0.15) is 0 Å². The zero-order valence-electron chi connectivity index (χ0n) is 11.1. The molecule has 2 rings (SSSR count). The maximum Gasteiger partial charge on any atom is 0.146 e. The second-order valence-corrected chi connectivity index (χ2v) is 4.62. The van der Waals surface area contributed by atoms with E-state index in [1.165, 1.54) is 6.07 Å². The quantitative estimate of drug-likeness (QED) is 0.869. The number of nitrogens with zero attached hydrogens (tertiary/aromatic N) is 1. The number of benzene rings is 1. The van der Waals surface area contributed by atoms with Gasteiger partial charge < -0.3 is 15.0 Å². The molecule has 0 spiro atoms. The number of nitrogens with one attached hydrogen (secondary N) is 1. The Morgan fingerprint density at radius 2 is 2.33 bits per heavy atom. The van der Waals surface area contributed by atoms with Gasteiger partial charge in [0.25, 0.3) is 0 Å². The van der Waals surface area contributed by atoms with Crippen molar-refractivity contribution in [1.82, 2.24) is 5.32 Å². The van der Waals surface area contributed by atoms with E-state index >= 15 is 0 Å². The van der Waals surface area contributed by atoms with E-state index in [-0.39, 0.29) is 11.9 Å². The van der Waals surface area contributed by atoms with Crippen LogP contribution >= 0.6 is 0 Å². The summed E-state index contributed by atoms with van der Waals surface area (Å²) in [5.74, 6) is -0.137. The molecule has 1 atom stereocenters. The molecule has 18 heavy (non-hydrogen) atoms. The highest BCUT2D eigenvalue weighted by atomic mass is 19.1. The Balaban J connectivity index is 2.20. The second-order valence-electron chi connectivity index (χ2n) is 4.62. The summed E-state index contributed by atoms with van der Waals surface area (Å²) in [7, 11) is 1.72. The molecule has 0 aromatic heterocycles. The zero-order chi connectivity index (χ0) is 13.0. The van der Waals surface area contributed by atoms with Crippen LogP contribution in [0.4, 0.5) is 10.1 Å². The third kappa shape index (κ3) is 2.82. The lowest BCUT2D eigenvalue weighted by Crippen LogP contribution is -2.25. The van der Waals surface area contributed by atoms with E-state index in [0.29, 0.717) is 6.54 Å². The Labute approximate surface area is 108 Å². The molecule has 1 aliphatic heterocycles. The minimum absolute atomic E-state index is 0.137. The third-order valence-electron chi connectivity index (χ3n) is 3.43. The van der Waals surface area contributed by atoms with Crippen LogP contribution in [0.3, 0.4) is 0 Å². The van der Waals surface area contributed by atoms with E-state index in [9.17, 15) is 4.39 Å². The summed E-state index contributed by atoms with van der Waals surface area (Å²) in [6.45, 7) is 5.28. The molecule has 1 N–H and O–H groups in total. The van der Waals surface area contributed by atoms with E-state index in [4.69, 9.17) is 4.74 Å². The van der Waals surface area contributed by atoms with Gasteiger partial charge in [0.2, 0.25) is 0 Å². The van der Waals surface area contributed by atoms with Crippen molar-refractivity contribution in [3.05, 3.63) is 29.6 Å². The van der Waals surface area contributed by atoms with Crippen LogP contribution in [0.1, 0.15) is 18.9 Å². The lowest BCUT2D eigenvalue weighted by atomic mass is 10.1. The Kier molecular flexibility index (Phi) is 4.55. The molecular weight excluding hydrogens is 231 g/mol. The van der Waals surface area contributed by atoms with Crippen LogP contribution in [0.2, 0.25) is 0 Å². The molecule has 1 aromatic carbocycles. The largest absolute Gasteiger partial charge is 0.380 e. The first-order valence-electron chi connectivity index (χ1n) is 6.52. The number of hydrogen-bond donors (Lipinski definition) is 1.